The van der Waals surface area contributed by atoms with Gasteiger partial charge in [0.15, 0.2) is 12.4 Å². The van der Waals surface area contributed by atoms with Crippen LogP contribution in [0, 0.1) is 13.8 Å². The maximum Gasteiger partial charge on any atom is 0.355 e. The number of Topliss-reactive ketones (excluding diaryl/α,β-unsaturated/α-hetero) is 1. The normalized spacial score (nSPS) is 13.4. The Morgan fingerprint density at radius 1 is 1.19 bits per heavy atom. The van der Waals surface area contributed by atoms with Crippen LogP contribution in [-0.4, -0.2) is 46.5 Å². The molecule has 140 valence electrons. The first-order valence-electron chi connectivity index (χ1n) is 8.69. The Morgan fingerprint density at radius 2 is 1.89 bits per heavy atom. The fraction of sp³-hybridized carbons (Fsp3) is 0.300. The number of hydrogen-bond acceptors (Lipinski definition) is 5. The number of esters is 1. The largest absolute Gasteiger partial charge is 0.451 e. The van der Waals surface area contributed by atoms with Gasteiger partial charge in [-0.1, -0.05) is 30.3 Å². The topological polar surface area (TPSA) is 91.8 Å². The Balaban J connectivity index is 1.63. The lowest BCUT2D eigenvalue weighted by Crippen LogP contribution is -2.29. The van der Waals surface area contributed by atoms with E-state index in [1.807, 2.05) is 30.3 Å². The molecule has 0 aliphatic carbocycles. The van der Waals surface area contributed by atoms with Gasteiger partial charge in [-0.2, -0.15) is 5.10 Å². The highest BCUT2D eigenvalue weighted by molar-refractivity contribution is 6.03. The molecule has 1 aliphatic rings. The maximum atomic E-state index is 12.3. The van der Waals surface area contributed by atoms with Crippen molar-refractivity contribution in [2.75, 3.05) is 13.2 Å². The van der Waals surface area contributed by atoms with Crippen LogP contribution in [0.15, 0.2) is 35.4 Å². The Bertz CT molecular complexity index is 928. The highest BCUT2D eigenvalue weighted by atomic mass is 16.5. The molecule has 0 unspecified atom stereocenters. The van der Waals surface area contributed by atoms with Crippen LogP contribution in [-0.2, 0) is 9.53 Å². The molecule has 0 saturated carbocycles. The first kappa shape index (κ1) is 18.6. The molecule has 1 aromatic heterocycles. The fourth-order valence-electron chi connectivity index (χ4n) is 3.23. The summed E-state index contributed by atoms with van der Waals surface area (Å²) in [5.41, 5.74) is 3.61. The highest BCUT2D eigenvalue weighted by Crippen LogP contribution is 2.19. The lowest BCUT2D eigenvalue weighted by molar-refractivity contribution is -0.134. The van der Waals surface area contributed by atoms with Gasteiger partial charge in [-0.15, -0.1) is 0 Å². The second-order valence-corrected chi connectivity index (χ2v) is 6.44. The van der Waals surface area contributed by atoms with Crippen molar-refractivity contribution in [3.8, 4) is 0 Å². The van der Waals surface area contributed by atoms with Crippen LogP contribution in [0.3, 0.4) is 0 Å². The van der Waals surface area contributed by atoms with Crippen molar-refractivity contribution in [2.24, 2.45) is 5.10 Å². The Labute approximate surface area is 157 Å². The van der Waals surface area contributed by atoms with E-state index < -0.39 is 12.6 Å². The van der Waals surface area contributed by atoms with Crippen LogP contribution in [0.1, 0.15) is 51.0 Å². The van der Waals surface area contributed by atoms with Gasteiger partial charge in [0.2, 0.25) is 0 Å². The summed E-state index contributed by atoms with van der Waals surface area (Å²) in [6.07, 6.45) is 0.653. The molecule has 7 nitrogen and oxygen atoms in total. The van der Waals surface area contributed by atoms with E-state index in [4.69, 9.17) is 4.74 Å². The molecule has 3 rings (SSSR count). The van der Waals surface area contributed by atoms with Crippen molar-refractivity contribution in [3.63, 3.8) is 0 Å². The minimum atomic E-state index is -0.664. The van der Waals surface area contributed by atoms with Crippen LogP contribution in [0.2, 0.25) is 0 Å². The summed E-state index contributed by atoms with van der Waals surface area (Å²) in [5.74, 6) is -1.18. The summed E-state index contributed by atoms with van der Waals surface area (Å²) >= 11 is 0. The minimum absolute atomic E-state index is 0.128. The molecule has 7 heteroatoms. The van der Waals surface area contributed by atoms with Crippen LogP contribution in [0.5, 0.6) is 0 Å². The second-order valence-electron chi connectivity index (χ2n) is 6.44. The average molecular weight is 367 g/mol. The van der Waals surface area contributed by atoms with E-state index in [-0.39, 0.29) is 17.4 Å². The number of nitrogens with one attached hydrogen (secondary N) is 1. The van der Waals surface area contributed by atoms with Gasteiger partial charge in [0.25, 0.3) is 5.91 Å². The molecule has 0 bridgehead atoms. The van der Waals surface area contributed by atoms with Gasteiger partial charge < -0.3 is 9.72 Å². The van der Waals surface area contributed by atoms with E-state index in [1.54, 1.807) is 13.8 Å². The van der Waals surface area contributed by atoms with Gasteiger partial charge in [0.05, 0.1) is 12.3 Å². The van der Waals surface area contributed by atoms with Gasteiger partial charge in [-0.25, -0.2) is 9.80 Å². The summed E-state index contributed by atoms with van der Waals surface area (Å²) in [6, 6.07) is 9.63. The zero-order valence-electron chi connectivity index (χ0n) is 15.5. The van der Waals surface area contributed by atoms with Crippen molar-refractivity contribution < 1.29 is 19.1 Å². The zero-order chi connectivity index (χ0) is 19.6. The molecular weight excluding hydrogens is 346 g/mol. The lowest BCUT2D eigenvalue weighted by atomic mass is 10.1. The van der Waals surface area contributed by atoms with Crippen LogP contribution in [0.4, 0.5) is 0 Å². The fourth-order valence-corrected chi connectivity index (χ4v) is 3.23. The molecule has 0 fully saturated rings. The van der Waals surface area contributed by atoms with Crippen LogP contribution < -0.4 is 0 Å². The third-order valence-corrected chi connectivity index (χ3v) is 4.52. The van der Waals surface area contributed by atoms with E-state index in [0.717, 1.165) is 11.3 Å². The number of amides is 1. The number of ether oxygens (including phenoxy) is 1. The number of rotatable bonds is 5. The molecule has 27 heavy (non-hydrogen) atoms. The van der Waals surface area contributed by atoms with E-state index >= 15 is 0 Å². The summed E-state index contributed by atoms with van der Waals surface area (Å²) in [4.78, 5) is 39.1. The predicted molar refractivity (Wildman–Crippen MR) is 99.9 cm³/mol. The lowest BCUT2D eigenvalue weighted by Gasteiger charge is -2.11. The molecule has 0 radical (unpaired) electrons. The first-order valence-corrected chi connectivity index (χ1v) is 8.69. The van der Waals surface area contributed by atoms with Crippen LogP contribution >= 0.6 is 0 Å². The van der Waals surface area contributed by atoms with Crippen molar-refractivity contribution in [1.82, 2.24) is 9.99 Å². The summed E-state index contributed by atoms with van der Waals surface area (Å²) in [5, 5.41) is 5.65. The van der Waals surface area contributed by atoms with E-state index in [2.05, 4.69) is 10.1 Å². The van der Waals surface area contributed by atoms with Crippen molar-refractivity contribution in [1.29, 1.82) is 0 Å². The summed E-state index contributed by atoms with van der Waals surface area (Å²) in [7, 11) is 0. The smallest absolute Gasteiger partial charge is 0.355 e. The van der Waals surface area contributed by atoms with Gasteiger partial charge >= 0.3 is 5.97 Å². The third kappa shape index (κ3) is 3.81. The van der Waals surface area contributed by atoms with Gasteiger partial charge in [0.1, 0.15) is 5.69 Å². The van der Waals surface area contributed by atoms with Crippen molar-refractivity contribution in [3.05, 3.63) is 58.4 Å². The number of benzene rings is 1. The number of carbonyl (C=O) groups excluding carboxylic acids is 3. The number of hydrazone groups is 1. The molecule has 1 amide bonds. The standard InChI is InChI=1S/C20H21N3O4/c1-12-18(14(3)24)13(2)21-19(12)20(26)27-11-17(25)23-10-9-16(22-23)15-7-5-4-6-8-15/h4-8,21H,9-11H2,1-3H3. The number of hydrogen-bond donors (Lipinski definition) is 1. The summed E-state index contributed by atoms with van der Waals surface area (Å²) < 4.78 is 5.13. The zero-order valence-corrected chi connectivity index (χ0v) is 15.5. The number of aromatic amines is 1. The predicted octanol–water partition coefficient (Wildman–Crippen LogP) is 2.63. The van der Waals surface area contributed by atoms with E-state index in [0.29, 0.717) is 29.8 Å². The average Bonchev–Trinajstić information content (AvgIpc) is 3.25. The highest BCUT2D eigenvalue weighted by Gasteiger charge is 2.25. The Hall–Kier alpha value is -3.22. The quantitative estimate of drug-likeness (QED) is 0.649. The molecule has 2 aromatic rings. The molecule has 1 aromatic carbocycles. The number of aromatic nitrogens is 1. The first-order chi connectivity index (χ1) is 12.9. The van der Waals surface area contributed by atoms with Gasteiger partial charge in [-0.3, -0.25) is 9.59 Å². The number of carbonyl (C=O) groups is 3. The second kappa shape index (κ2) is 7.57. The molecule has 0 saturated heterocycles. The van der Waals surface area contributed by atoms with E-state index in [1.165, 1.54) is 11.9 Å². The number of aryl methyl sites for hydroxylation is 1. The number of ketones is 1. The molecule has 1 N–H and O–H groups in total. The number of H-pyrrole nitrogens is 1. The molecular formula is C20H21N3O4. The summed E-state index contributed by atoms with van der Waals surface area (Å²) in [6.45, 7) is 4.88. The Morgan fingerprint density at radius 3 is 2.52 bits per heavy atom. The molecule has 2 heterocycles. The third-order valence-electron chi connectivity index (χ3n) is 4.52. The van der Waals surface area contributed by atoms with Crippen molar-refractivity contribution >= 4 is 23.4 Å². The van der Waals surface area contributed by atoms with Crippen LogP contribution in [0.25, 0.3) is 0 Å². The monoisotopic (exact) mass is 367 g/mol. The van der Waals surface area contributed by atoms with Gasteiger partial charge in [0, 0.05) is 17.7 Å². The minimum Gasteiger partial charge on any atom is -0.451 e. The molecule has 1 aliphatic heterocycles. The number of nitrogens with zero attached hydrogens (tertiary/aromatic N) is 2. The van der Waals surface area contributed by atoms with Gasteiger partial charge in [-0.05, 0) is 31.9 Å². The SMILES string of the molecule is CC(=O)c1c(C)[nH]c(C(=O)OCC(=O)N2CCC(c3ccccc3)=N2)c1C. The molecule has 0 atom stereocenters. The Kier molecular flexibility index (Phi) is 5.21. The van der Waals surface area contributed by atoms with E-state index in [9.17, 15) is 14.4 Å². The molecule has 0 spiro atoms. The maximum absolute atomic E-state index is 12.3. The van der Waals surface area contributed by atoms with Crippen molar-refractivity contribution in [2.45, 2.75) is 27.2 Å².